The van der Waals surface area contributed by atoms with Gasteiger partial charge in [0, 0.05) is 12.1 Å². The largest absolute Gasteiger partial charge is 0.493 e. The van der Waals surface area contributed by atoms with E-state index in [9.17, 15) is 0 Å². The van der Waals surface area contributed by atoms with Crippen LogP contribution < -0.4 is 30.4 Å². The zero-order valence-corrected chi connectivity index (χ0v) is 20.3. The summed E-state index contributed by atoms with van der Waals surface area (Å²) in [5.41, 5.74) is 15.3. The summed E-state index contributed by atoms with van der Waals surface area (Å²) in [4.78, 5) is 0. The van der Waals surface area contributed by atoms with E-state index in [0.29, 0.717) is 35.8 Å². The Morgan fingerprint density at radius 1 is 0.697 bits per heavy atom. The maximum absolute atomic E-state index is 6.63. The Kier molecular flexibility index (Phi) is 8.07. The maximum Gasteiger partial charge on any atom is 0.163 e. The summed E-state index contributed by atoms with van der Waals surface area (Å²) >= 11 is 0. The van der Waals surface area contributed by atoms with Crippen molar-refractivity contribution >= 4 is 0 Å². The van der Waals surface area contributed by atoms with E-state index in [4.69, 9.17) is 39.9 Å². The quantitative estimate of drug-likeness (QED) is 0.557. The molecule has 0 bridgehead atoms. The number of methoxy groups -OCH3 is 4. The predicted octanol–water partition coefficient (Wildman–Crippen LogP) is 2.68. The van der Waals surface area contributed by atoms with Gasteiger partial charge in [0.25, 0.3) is 0 Å². The first-order valence-corrected chi connectivity index (χ1v) is 11.0. The van der Waals surface area contributed by atoms with Gasteiger partial charge in [0.2, 0.25) is 0 Å². The van der Waals surface area contributed by atoms with Crippen LogP contribution in [0.4, 0.5) is 0 Å². The van der Waals surface area contributed by atoms with Gasteiger partial charge in [-0.05, 0) is 62.1 Å². The summed E-state index contributed by atoms with van der Waals surface area (Å²) in [5.74, 6) is 1.89. The van der Waals surface area contributed by atoms with Crippen LogP contribution >= 0.6 is 0 Å². The number of hydrogen-bond acceptors (Lipinski definition) is 8. The molecule has 0 saturated carbocycles. The number of nitrogens with two attached hydrogens (primary N) is 2. The fourth-order valence-corrected chi connectivity index (χ4v) is 4.27. The first-order chi connectivity index (χ1) is 15.7. The van der Waals surface area contributed by atoms with Crippen molar-refractivity contribution in [2.45, 2.75) is 56.8 Å². The average molecular weight is 461 g/mol. The van der Waals surface area contributed by atoms with Gasteiger partial charge in [-0.1, -0.05) is 12.1 Å². The van der Waals surface area contributed by atoms with Crippen LogP contribution in [0, 0.1) is 0 Å². The Balaban J connectivity index is 1.75. The third-order valence-corrected chi connectivity index (χ3v) is 5.85. The standard InChI is InChI=1S/C25H36N2O6/c1-25(2)32-23(17(26)11-15-7-9-19(28-3)21(13-15)30-5)24(33-25)18(27)12-16-8-10-20(29-4)22(14-16)31-6/h7-10,13-14,17-18,23-24H,11-12,26-27H2,1-6H3/t17-,18-,23+,24+/m1/s1. The van der Waals surface area contributed by atoms with E-state index in [1.807, 2.05) is 50.2 Å². The van der Waals surface area contributed by atoms with Crippen LogP contribution in [0.15, 0.2) is 36.4 Å². The second-order valence-electron chi connectivity index (χ2n) is 8.68. The second kappa shape index (κ2) is 10.6. The highest BCUT2D eigenvalue weighted by Crippen LogP contribution is 2.34. The van der Waals surface area contributed by atoms with E-state index in [-0.39, 0.29) is 24.3 Å². The molecule has 1 aliphatic rings. The molecular weight excluding hydrogens is 424 g/mol. The summed E-state index contributed by atoms with van der Waals surface area (Å²) in [6.45, 7) is 3.76. The molecule has 4 N–H and O–H groups in total. The molecule has 2 aromatic carbocycles. The lowest BCUT2D eigenvalue weighted by molar-refractivity contribution is -0.149. The van der Waals surface area contributed by atoms with Crippen LogP contribution in [0.25, 0.3) is 0 Å². The highest BCUT2D eigenvalue weighted by atomic mass is 16.8. The maximum atomic E-state index is 6.63. The molecule has 1 fully saturated rings. The van der Waals surface area contributed by atoms with Crippen LogP contribution in [-0.2, 0) is 22.3 Å². The van der Waals surface area contributed by atoms with Crippen molar-refractivity contribution in [3.8, 4) is 23.0 Å². The molecule has 8 nitrogen and oxygen atoms in total. The van der Waals surface area contributed by atoms with Crippen molar-refractivity contribution in [2.24, 2.45) is 11.5 Å². The summed E-state index contributed by atoms with van der Waals surface area (Å²) in [7, 11) is 6.45. The zero-order chi connectivity index (χ0) is 24.2. The summed E-state index contributed by atoms with van der Waals surface area (Å²) in [5, 5.41) is 0. The Morgan fingerprint density at radius 2 is 1.06 bits per heavy atom. The number of hydrogen-bond donors (Lipinski definition) is 2. The van der Waals surface area contributed by atoms with Crippen LogP contribution in [0.3, 0.4) is 0 Å². The summed E-state index contributed by atoms with van der Waals surface area (Å²) < 4.78 is 33.9. The smallest absolute Gasteiger partial charge is 0.163 e. The minimum Gasteiger partial charge on any atom is -0.493 e. The Bertz CT molecular complexity index is 862. The first-order valence-electron chi connectivity index (χ1n) is 11.0. The van der Waals surface area contributed by atoms with E-state index in [2.05, 4.69) is 0 Å². The van der Waals surface area contributed by atoms with Gasteiger partial charge in [-0.2, -0.15) is 0 Å². The Hall–Kier alpha value is -2.52. The molecule has 3 rings (SSSR count). The third kappa shape index (κ3) is 5.89. The van der Waals surface area contributed by atoms with Gasteiger partial charge < -0.3 is 39.9 Å². The molecule has 0 aliphatic carbocycles. The molecule has 182 valence electrons. The zero-order valence-electron chi connectivity index (χ0n) is 20.3. The van der Waals surface area contributed by atoms with Gasteiger partial charge in [0.15, 0.2) is 28.8 Å². The molecule has 8 heteroatoms. The first kappa shape index (κ1) is 25.1. The molecule has 0 radical (unpaired) electrons. The molecule has 1 heterocycles. The third-order valence-electron chi connectivity index (χ3n) is 5.85. The highest BCUT2D eigenvalue weighted by Gasteiger charge is 2.46. The number of benzene rings is 2. The van der Waals surface area contributed by atoms with Crippen molar-refractivity contribution < 1.29 is 28.4 Å². The lowest BCUT2D eigenvalue weighted by Crippen LogP contribution is -2.51. The van der Waals surface area contributed by atoms with E-state index in [1.165, 1.54) is 0 Å². The highest BCUT2D eigenvalue weighted by molar-refractivity contribution is 5.44. The minimum absolute atomic E-state index is 0.327. The van der Waals surface area contributed by atoms with Gasteiger partial charge in [-0.3, -0.25) is 0 Å². The van der Waals surface area contributed by atoms with Gasteiger partial charge in [-0.25, -0.2) is 0 Å². The van der Waals surface area contributed by atoms with E-state index in [1.54, 1.807) is 28.4 Å². The fourth-order valence-electron chi connectivity index (χ4n) is 4.27. The van der Waals surface area contributed by atoms with Crippen LogP contribution in [-0.4, -0.2) is 58.5 Å². The minimum atomic E-state index is -0.778. The lowest BCUT2D eigenvalue weighted by Gasteiger charge is -2.27. The van der Waals surface area contributed by atoms with Gasteiger partial charge in [0.05, 0.1) is 28.4 Å². The Morgan fingerprint density at radius 3 is 1.39 bits per heavy atom. The van der Waals surface area contributed by atoms with Crippen molar-refractivity contribution in [1.29, 1.82) is 0 Å². The Labute approximate surface area is 196 Å². The molecule has 0 amide bonds. The molecule has 0 spiro atoms. The van der Waals surface area contributed by atoms with Gasteiger partial charge >= 0.3 is 0 Å². The molecule has 33 heavy (non-hydrogen) atoms. The number of ether oxygens (including phenoxy) is 6. The normalized spacial score (nSPS) is 21.3. The van der Waals surface area contributed by atoms with Crippen molar-refractivity contribution in [1.82, 2.24) is 0 Å². The van der Waals surface area contributed by atoms with E-state index in [0.717, 1.165) is 11.1 Å². The van der Waals surface area contributed by atoms with E-state index >= 15 is 0 Å². The van der Waals surface area contributed by atoms with Crippen molar-refractivity contribution in [3.05, 3.63) is 47.5 Å². The molecule has 4 atom stereocenters. The lowest BCUT2D eigenvalue weighted by atomic mass is 9.92. The van der Waals surface area contributed by atoms with Gasteiger partial charge in [0.1, 0.15) is 12.2 Å². The SMILES string of the molecule is COc1ccc(C[C@@H](N)[C@@H]2OC(C)(C)O[C@H]2[C@H](N)Cc2ccc(OC)c(OC)c2)cc1OC. The van der Waals surface area contributed by atoms with E-state index < -0.39 is 5.79 Å². The summed E-state index contributed by atoms with van der Waals surface area (Å²) in [6, 6.07) is 10.9. The topological polar surface area (TPSA) is 107 Å². The summed E-state index contributed by atoms with van der Waals surface area (Å²) in [6.07, 6.45) is 0.403. The molecule has 1 saturated heterocycles. The monoisotopic (exact) mass is 460 g/mol. The molecule has 0 aromatic heterocycles. The predicted molar refractivity (Wildman–Crippen MR) is 126 cm³/mol. The van der Waals surface area contributed by atoms with Crippen LogP contribution in [0.1, 0.15) is 25.0 Å². The molecule has 0 unspecified atom stereocenters. The second-order valence-corrected chi connectivity index (χ2v) is 8.68. The average Bonchev–Trinajstić information content (AvgIpc) is 3.14. The van der Waals surface area contributed by atoms with Crippen LogP contribution in [0.5, 0.6) is 23.0 Å². The number of rotatable bonds is 10. The molecular formula is C25H36N2O6. The van der Waals surface area contributed by atoms with Crippen LogP contribution in [0.2, 0.25) is 0 Å². The molecule has 1 aliphatic heterocycles. The fraction of sp³-hybridized carbons (Fsp3) is 0.520. The van der Waals surface area contributed by atoms with Crippen molar-refractivity contribution in [2.75, 3.05) is 28.4 Å². The molecule has 2 aromatic rings. The van der Waals surface area contributed by atoms with Crippen molar-refractivity contribution in [3.63, 3.8) is 0 Å². The van der Waals surface area contributed by atoms with Gasteiger partial charge in [-0.15, -0.1) is 0 Å².